The maximum Gasteiger partial charge on any atom is 0.335 e. The molecule has 0 aliphatic rings. The predicted octanol–water partition coefficient (Wildman–Crippen LogP) is 1.78. The van der Waals surface area contributed by atoms with Crippen LogP contribution in [0.15, 0.2) is 12.2 Å². The molecule has 4 nitrogen and oxygen atoms in total. The van der Waals surface area contributed by atoms with Gasteiger partial charge in [-0.1, -0.05) is 22.5 Å². The van der Waals surface area contributed by atoms with Crippen molar-refractivity contribution in [3.63, 3.8) is 0 Å². The van der Waals surface area contributed by atoms with E-state index < -0.39 is 16.3 Å². The Morgan fingerprint density at radius 2 is 1.86 bits per heavy atom. The van der Waals surface area contributed by atoms with Gasteiger partial charge in [-0.05, 0) is 20.8 Å². The molecule has 0 heterocycles. The summed E-state index contributed by atoms with van der Waals surface area (Å²) in [5.41, 5.74) is 0.263. The lowest BCUT2D eigenvalue weighted by Gasteiger charge is -2.14. The molecule has 0 aromatic rings. The topological polar surface area (TPSA) is 52.6 Å². The summed E-state index contributed by atoms with van der Waals surface area (Å²) in [6, 6.07) is 0. The first-order valence-corrected chi connectivity index (χ1v) is 4.73. The van der Waals surface area contributed by atoms with Gasteiger partial charge in [-0.25, -0.2) is 4.79 Å². The fraction of sp³-hybridized carbons (Fsp3) is 0.556. The van der Waals surface area contributed by atoms with Crippen LogP contribution < -0.4 is 0 Å². The van der Waals surface area contributed by atoms with Crippen molar-refractivity contribution in [1.82, 2.24) is 0 Å². The van der Waals surface area contributed by atoms with Crippen molar-refractivity contribution < 1.29 is 19.1 Å². The highest BCUT2D eigenvalue weighted by Gasteiger charge is 2.25. The minimum Gasteiger partial charge on any atom is -0.427 e. The van der Waals surface area contributed by atoms with E-state index in [9.17, 15) is 9.59 Å². The molecule has 0 spiro atoms. The van der Waals surface area contributed by atoms with Gasteiger partial charge in [0.15, 0.2) is 0 Å². The molecule has 0 amide bonds. The molecular formula is C9H13BrO4. The Hall–Kier alpha value is -0.840. The van der Waals surface area contributed by atoms with Gasteiger partial charge >= 0.3 is 11.9 Å². The zero-order valence-electron chi connectivity index (χ0n) is 8.43. The minimum atomic E-state index is -0.775. The quantitative estimate of drug-likeness (QED) is 0.336. The molecule has 0 saturated heterocycles. The van der Waals surface area contributed by atoms with E-state index >= 15 is 0 Å². The van der Waals surface area contributed by atoms with Crippen molar-refractivity contribution in [2.45, 2.75) is 25.1 Å². The van der Waals surface area contributed by atoms with E-state index in [1.165, 1.54) is 6.92 Å². The smallest absolute Gasteiger partial charge is 0.335 e. The molecule has 0 aliphatic heterocycles. The molecule has 5 heteroatoms. The van der Waals surface area contributed by atoms with Crippen molar-refractivity contribution >= 4 is 27.9 Å². The van der Waals surface area contributed by atoms with Crippen LogP contribution in [0.5, 0.6) is 0 Å². The van der Waals surface area contributed by atoms with Gasteiger partial charge in [0, 0.05) is 5.57 Å². The van der Waals surface area contributed by atoms with Crippen LogP contribution in [0.4, 0.5) is 0 Å². The van der Waals surface area contributed by atoms with Crippen LogP contribution in [-0.2, 0) is 19.1 Å². The molecule has 0 unspecified atom stereocenters. The number of rotatable bonds is 4. The number of hydrogen-bond acceptors (Lipinski definition) is 4. The van der Waals surface area contributed by atoms with Crippen molar-refractivity contribution in [2.24, 2.45) is 0 Å². The largest absolute Gasteiger partial charge is 0.427 e. The van der Waals surface area contributed by atoms with Crippen LogP contribution in [-0.4, -0.2) is 23.1 Å². The van der Waals surface area contributed by atoms with Crippen LogP contribution in [0.2, 0.25) is 0 Å². The summed E-state index contributed by atoms with van der Waals surface area (Å²) < 4.78 is 8.45. The van der Waals surface area contributed by atoms with Gasteiger partial charge in [-0.2, -0.15) is 0 Å². The molecule has 0 fully saturated rings. The summed E-state index contributed by atoms with van der Waals surface area (Å²) in [5, 5.41) is 0. The highest BCUT2D eigenvalue weighted by molar-refractivity contribution is 9.10. The number of halogens is 1. The molecule has 0 aromatic carbocycles. The third kappa shape index (κ3) is 5.01. The predicted molar refractivity (Wildman–Crippen MR) is 54.9 cm³/mol. The highest BCUT2D eigenvalue weighted by atomic mass is 79.9. The first kappa shape index (κ1) is 13.2. The fourth-order valence-corrected chi connectivity index (χ4v) is 0.546. The summed E-state index contributed by atoms with van der Waals surface area (Å²) >= 11 is 3.11. The van der Waals surface area contributed by atoms with E-state index in [4.69, 9.17) is 0 Å². The molecule has 14 heavy (non-hydrogen) atoms. The van der Waals surface area contributed by atoms with E-state index in [2.05, 4.69) is 32.0 Å². The normalized spacial score (nSPS) is 10.6. The first-order valence-electron chi connectivity index (χ1n) is 3.94. The monoisotopic (exact) mass is 264 g/mol. The molecule has 0 aromatic heterocycles. The zero-order chi connectivity index (χ0) is 11.4. The zero-order valence-corrected chi connectivity index (χ0v) is 10.0. The lowest BCUT2D eigenvalue weighted by molar-refractivity contribution is -0.165. The van der Waals surface area contributed by atoms with Gasteiger partial charge in [0.05, 0.1) is 0 Å². The molecule has 80 valence electrons. The lowest BCUT2D eigenvalue weighted by atomic mass is 10.2. The minimum absolute atomic E-state index is 0.263. The molecule has 0 atom stereocenters. The molecule has 0 saturated carbocycles. The Balaban J connectivity index is 3.82. The van der Waals surface area contributed by atoms with Crippen molar-refractivity contribution in [3.8, 4) is 0 Å². The van der Waals surface area contributed by atoms with Crippen molar-refractivity contribution in [2.75, 3.05) is 6.79 Å². The van der Waals surface area contributed by atoms with Gasteiger partial charge in [0.25, 0.3) is 0 Å². The summed E-state index contributed by atoms with van der Waals surface area (Å²) in [7, 11) is 0. The number of alkyl halides is 1. The van der Waals surface area contributed by atoms with Crippen molar-refractivity contribution in [3.05, 3.63) is 12.2 Å². The fourth-order valence-electron chi connectivity index (χ4n) is 0.431. The van der Waals surface area contributed by atoms with Gasteiger partial charge in [-0.3, -0.25) is 4.79 Å². The van der Waals surface area contributed by atoms with Crippen molar-refractivity contribution in [1.29, 1.82) is 0 Å². The Labute approximate surface area is 91.4 Å². The molecule has 0 radical (unpaired) electrons. The molecule has 0 rings (SSSR count). The second-order valence-corrected chi connectivity index (χ2v) is 5.22. The number of carbonyl (C=O) groups excluding carboxylic acids is 2. The summed E-state index contributed by atoms with van der Waals surface area (Å²) in [6.07, 6.45) is 0. The second kappa shape index (κ2) is 5.14. The van der Waals surface area contributed by atoms with Crippen LogP contribution >= 0.6 is 15.9 Å². The third-order valence-corrected chi connectivity index (χ3v) is 1.54. The molecule has 0 aliphatic carbocycles. The van der Waals surface area contributed by atoms with Gasteiger partial charge in [0.1, 0.15) is 4.32 Å². The maximum atomic E-state index is 11.1. The number of carbonyl (C=O) groups is 2. The van der Waals surface area contributed by atoms with Crippen LogP contribution in [0.25, 0.3) is 0 Å². The summed E-state index contributed by atoms with van der Waals surface area (Å²) in [6.45, 7) is 7.77. The van der Waals surface area contributed by atoms with E-state index in [-0.39, 0.29) is 12.4 Å². The second-order valence-electron chi connectivity index (χ2n) is 3.23. The van der Waals surface area contributed by atoms with Crippen LogP contribution in [0, 0.1) is 0 Å². The van der Waals surface area contributed by atoms with Gasteiger partial charge in [-0.15, -0.1) is 0 Å². The average Bonchev–Trinajstić information content (AvgIpc) is 2.01. The van der Waals surface area contributed by atoms with E-state index in [0.717, 1.165) is 0 Å². The van der Waals surface area contributed by atoms with E-state index in [1.807, 2.05) is 0 Å². The Kier molecular flexibility index (Phi) is 4.83. The standard InChI is InChI=1S/C9H13BrO4/c1-6(2)7(11)13-5-14-8(12)9(3,4)10/h1,5H2,2-4H3. The first-order chi connectivity index (χ1) is 6.25. The van der Waals surface area contributed by atoms with E-state index in [1.54, 1.807) is 13.8 Å². The van der Waals surface area contributed by atoms with E-state index in [0.29, 0.717) is 0 Å². The Morgan fingerprint density at radius 1 is 1.36 bits per heavy atom. The Bertz CT molecular complexity index is 252. The highest BCUT2D eigenvalue weighted by Crippen LogP contribution is 2.17. The van der Waals surface area contributed by atoms with Crippen LogP contribution in [0.3, 0.4) is 0 Å². The number of hydrogen-bond donors (Lipinski definition) is 0. The SMILES string of the molecule is C=C(C)C(=O)OCOC(=O)C(C)(C)Br. The summed E-state index contributed by atoms with van der Waals surface area (Å²) in [4.78, 5) is 22.0. The van der Waals surface area contributed by atoms with Gasteiger partial charge < -0.3 is 9.47 Å². The summed E-state index contributed by atoms with van der Waals surface area (Å²) in [5.74, 6) is -1.07. The average molecular weight is 265 g/mol. The molecule has 0 N–H and O–H groups in total. The maximum absolute atomic E-state index is 11.1. The van der Waals surface area contributed by atoms with Crippen LogP contribution in [0.1, 0.15) is 20.8 Å². The lowest BCUT2D eigenvalue weighted by Crippen LogP contribution is -2.28. The molecule has 0 bridgehead atoms. The molecular weight excluding hydrogens is 252 g/mol. The van der Waals surface area contributed by atoms with Gasteiger partial charge in [0.2, 0.25) is 6.79 Å². The number of esters is 2. The third-order valence-electron chi connectivity index (χ3n) is 1.21. The number of ether oxygens (including phenoxy) is 2. The Morgan fingerprint density at radius 3 is 2.21 bits per heavy atom.